The molecule has 1 N–H and O–H groups in total. The van der Waals surface area contributed by atoms with Gasteiger partial charge in [-0.25, -0.2) is 36.5 Å². The summed E-state index contributed by atoms with van der Waals surface area (Å²) < 4.78 is 64.7. The maximum absolute atomic E-state index is 14.3. The van der Waals surface area contributed by atoms with Gasteiger partial charge in [0.15, 0.2) is 11.6 Å². The van der Waals surface area contributed by atoms with Crippen LogP contribution in [0.5, 0.6) is 5.88 Å². The van der Waals surface area contributed by atoms with Gasteiger partial charge in [-0.1, -0.05) is 0 Å². The predicted octanol–water partition coefficient (Wildman–Crippen LogP) is 2.46. The van der Waals surface area contributed by atoms with E-state index in [4.69, 9.17) is 9.47 Å². The number of nitrogens with one attached hydrogen (secondary N) is 1. The Kier molecular flexibility index (Phi) is 7.91. The molecule has 1 aliphatic rings. The number of methoxy groups -OCH3 is 1. The van der Waals surface area contributed by atoms with Gasteiger partial charge >= 0.3 is 0 Å². The van der Waals surface area contributed by atoms with Crippen LogP contribution in [0.25, 0.3) is 11.3 Å². The molecule has 1 aliphatic heterocycles. The smallest absolute Gasteiger partial charge is 0.250 e. The normalized spacial score (nSPS) is 15.8. The van der Waals surface area contributed by atoms with Gasteiger partial charge in [-0.15, -0.1) is 0 Å². The fourth-order valence-corrected chi connectivity index (χ4v) is 4.69. The number of pyridine rings is 1. The standard InChI is InChI=1S/C20H27F2N5O4S/c1-13(2)31-19-16(21)10-14(11-23-19)18-17(22)12-24-20(26-18)25-15-4-6-27(7-5-15)32(28,29)9-8-30-3/h10-13,15H,4-9H2,1-3H3,(H,24,25,26). The molecule has 2 aromatic heterocycles. The molecule has 32 heavy (non-hydrogen) atoms. The van der Waals surface area contributed by atoms with Crippen molar-refractivity contribution >= 4 is 16.0 Å². The van der Waals surface area contributed by atoms with Gasteiger partial charge in [0.05, 0.1) is 24.7 Å². The lowest BCUT2D eigenvalue weighted by Gasteiger charge is -2.31. The molecule has 9 nitrogen and oxygen atoms in total. The first-order valence-corrected chi connectivity index (χ1v) is 11.9. The quantitative estimate of drug-likeness (QED) is 0.595. The highest BCUT2D eigenvalue weighted by Crippen LogP contribution is 2.26. The Morgan fingerprint density at radius 1 is 1.19 bits per heavy atom. The molecule has 3 heterocycles. The van der Waals surface area contributed by atoms with Crippen LogP contribution in [0.2, 0.25) is 0 Å². The van der Waals surface area contributed by atoms with Gasteiger partial charge in [-0.2, -0.15) is 0 Å². The minimum absolute atomic E-state index is 0.0579. The number of hydrogen-bond acceptors (Lipinski definition) is 8. The minimum Gasteiger partial charge on any atom is -0.473 e. The van der Waals surface area contributed by atoms with Gasteiger partial charge in [0.2, 0.25) is 16.0 Å². The fourth-order valence-electron chi connectivity index (χ4n) is 3.28. The third kappa shape index (κ3) is 6.08. The average Bonchev–Trinajstić information content (AvgIpc) is 2.75. The third-order valence-electron chi connectivity index (χ3n) is 4.90. The van der Waals surface area contributed by atoms with E-state index in [1.54, 1.807) is 13.8 Å². The molecule has 0 amide bonds. The summed E-state index contributed by atoms with van der Waals surface area (Å²) in [5, 5.41) is 3.11. The summed E-state index contributed by atoms with van der Waals surface area (Å²) in [7, 11) is -1.90. The summed E-state index contributed by atoms with van der Waals surface area (Å²) >= 11 is 0. The molecule has 0 spiro atoms. The van der Waals surface area contributed by atoms with Crippen molar-refractivity contribution in [2.24, 2.45) is 0 Å². The first-order chi connectivity index (χ1) is 15.2. The zero-order valence-corrected chi connectivity index (χ0v) is 19.0. The number of nitrogens with zero attached hydrogens (tertiary/aromatic N) is 4. The molecule has 0 unspecified atom stereocenters. The molecule has 12 heteroatoms. The van der Waals surface area contributed by atoms with Crippen molar-refractivity contribution in [3.8, 4) is 17.1 Å². The molecule has 0 bridgehead atoms. The van der Waals surface area contributed by atoms with Crippen LogP contribution in [-0.4, -0.2) is 72.4 Å². The van der Waals surface area contributed by atoms with Crippen LogP contribution in [0.4, 0.5) is 14.7 Å². The molecule has 1 fully saturated rings. The Labute approximate surface area is 186 Å². The second-order valence-corrected chi connectivity index (χ2v) is 9.78. The molecule has 0 radical (unpaired) electrons. The van der Waals surface area contributed by atoms with Crippen LogP contribution in [0.1, 0.15) is 26.7 Å². The van der Waals surface area contributed by atoms with E-state index < -0.39 is 21.7 Å². The van der Waals surface area contributed by atoms with Crippen LogP contribution in [0, 0.1) is 11.6 Å². The lowest BCUT2D eigenvalue weighted by atomic mass is 10.1. The Hall–Kier alpha value is -2.44. The molecule has 176 valence electrons. The Morgan fingerprint density at radius 2 is 1.91 bits per heavy atom. The van der Waals surface area contributed by atoms with E-state index in [1.807, 2.05) is 0 Å². The van der Waals surface area contributed by atoms with E-state index >= 15 is 0 Å². The van der Waals surface area contributed by atoms with Gasteiger partial charge in [0.1, 0.15) is 5.69 Å². The van der Waals surface area contributed by atoms with Crippen molar-refractivity contribution in [1.82, 2.24) is 19.3 Å². The molecule has 0 aliphatic carbocycles. The van der Waals surface area contributed by atoms with Crippen molar-refractivity contribution in [3.05, 3.63) is 30.1 Å². The first-order valence-electron chi connectivity index (χ1n) is 10.3. The Balaban J connectivity index is 1.68. The first kappa shape index (κ1) is 24.2. The number of anilines is 1. The summed E-state index contributed by atoms with van der Waals surface area (Å²) in [6.45, 7) is 4.34. The molecular formula is C20H27F2N5O4S. The fraction of sp³-hybridized carbons (Fsp3) is 0.550. The number of sulfonamides is 1. The van der Waals surface area contributed by atoms with Gasteiger partial charge in [0, 0.05) is 38.0 Å². The summed E-state index contributed by atoms with van der Waals surface area (Å²) in [4.78, 5) is 12.1. The number of ether oxygens (including phenoxy) is 2. The van der Waals surface area contributed by atoms with Crippen LogP contribution >= 0.6 is 0 Å². The number of piperidine rings is 1. The monoisotopic (exact) mass is 471 g/mol. The third-order valence-corrected chi connectivity index (χ3v) is 6.73. The van der Waals surface area contributed by atoms with E-state index in [2.05, 4.69) is 20.3 Å². The molecule has 1 saturated heterocycles. The molecule has 0 aromatic carbocycles. The van der Waals surface area contributed by atoms with Crippen LogP contribution < -0.4 is 10.1 Å². The Morgan fingerprint density at radius 3 is 2.53 bits per heavy atom. The van der Waals surface area contributed by atoms with Crippen LogP contribution in [-0.2, 0) is 14.8 Å². The second kappa shape index (κ2) is 10.5. The van der Waals surface area contributed by atoms with E-state index in [9.17, 15) is 17.2 Å². The van der Waals surface area contributed by atoms with Crippen molar-refractivity contribution in [1.29, 1.82) is 0 Å². The molecular weight excluding hydrogens is 444 g/mol. The summed E-state index contributed by atoms with van der Waals surface area (Å²) in [5.74, 6) is -1.48. The maximum Gasteiger partial charge on any atom is 0.250 e. The van der Waals surface area contributed by atoms with Gasteiger partial charge in [0.25, 0.3) is 5.88 Å². The van der Waals surface area contributed by atoms with Gasteiger partial charge < -0.3 is 14.8 Å². The van der Waals surface area contributed by atoms with E-state index in [-0.39, 0.29) is 47.6 Å². The van der Waals surface area contributed by atoms with Crippen molar-refractivity contribution in [2.45, 2.75) is 38.8 Å². The summed E-state index contributed by atoms with van der Waals surface area (Å²) in [6.07, 6.45) is 3.13. The largest absolute Gasteiger partial charge is 0.473 e. The highest BCUT2D eigenvalue weighted by Gasteiger charge is 2.28. The zero-order chi connectivity index (χ0) is 23.3. The van der Waals surface area contributed by atoms with Crippen molar-refractivity contribution in [3.63, 3.8) is 0 Å². The van der Waals surface area contributed by atoms with E-state index in [0.717, 1.165) is 12.3 Å². The summed E-state index contributed by atoms with van der Waals surface area (Å²) in [5.41, 5.74) is 0.0604. The molecule has 0 saturated carbocycles. The summed E-state index contributed by atoms with van der Waals surface area (Å²) in [6, 6.07) is 1.03. The number of halogens is 2. The van der Waals surface area contributed by atoms with Gasteiger partial charge in [-0.05, 0) is 32.8 Å². The van der Waals surface area contributed by atoms with E-state index in [1.165, 1.54) is 17.6 Å². The Bertz CT molecular complexity index is 1030. The molecule has 3 rings (SSSR count). The number of aromatic nitrogens is 3. The van der Waals surface area contributed by atoms with Crippen LogP contribution in [0.15, 0.2) is 18.5 Å². The number of hydrogen-bond donors (Lipinski definition) is 1. The SMILES string of the molecule is COCCS(=O)(=O)N1CCC(Nc2ncc(F)c(-c3cnc(OC(C)C)c(F)c3)n2)CC1. The van der Waals surface area contributed by atoms with Gasteiger partial charge in [-0.3, -0.25) is 0 Å². The maximum atomic E-state index is 14.3. The highest BCUT2D eigenvalue weighted by atomic mass is 32.2. The van der Waals surface area contributed by atoms with E-state index in [0.29, 0.717) is 25.9 Å². The predicted molar refractivity (Wildman–Crippen MR) is 115 cm³/mol. The van der Waals surface area contributed by atoms with Crippen LogP contribution in [0.3, 0.4) is 0 Å². The average molecular weight is 472 g/mol. The van der Waals surface area contributed by atoms with Crippen molar-refractivity contribution < 1.29 is 26.7 Å². The zero-order valence-electron chi connectivity index (χ0n) is 18.2. The second-order valence-electron chi connectivity index (χ2n) is 7.69. The van der Waals surface area contributed by atoms with Crippen molar-refractivity contribution in [2.75, 3.05) is 37.9 Å². The lowest BCUT2D eigenvalue weighted by Crippen LogP contribution is -2.43. The number of rotatable bonds is 9. The molecule has 0 atom stereocenters. The topological polar surface area (TPSA) is 107 Å². The highest BCUT2D eigenvalue weighted by molar-refractivity contribution is 7.89. The minimum atomic E-state index is -3.36. The lowest BCUT2D eigenvalue weighted by molar-refractivity contribution is 0.214. The molecule has 2 aromatic rings.